The van der Waals surface area contributed by atoms with Crippen LogP contribution in [0.2, 0.25) is 0 Å². The summed E-state index contributed by atoms with van der Waals surface area (Å²) in [6.07, 6.45) is 2.07. The van der Waals surface area contributed by atoms with Crippen molar-refractivity contribution in [3.8, 4) is 0 Å². The summed E-state index contributed by atoms with van der Waals surface area (Å²) in [6, 6.07) is 7.32. The summed E-state index contributed by atoms with van der Waals surface area (Å²) in [5.41, 5.74) is 4.11. The molecule has 0 bridgehead atoms. The standard InChI is InChI=1S/C17H29N3O/c1-13(2)9-11-20(12-10-14(3)4)17(21)15-5-7-16(19-18)8-6-15/h5-8,13-14,19H,9-12,18H2,1-4H3. The number of nitrogens with two attached hydrogens (primary N) is 1. The molecule has 4 heteroatoms. The van der Waals surface area contributed by atoms with Gasteiger partial charge in [-0.3, -0.25) is 10.6 Å². The third-order valence-corrected chi connectivity index (χ3v) is 3.54. The normalized spacial score (nSPS) is 11.0. The topological polar surface area (TPSA) is 58.4 Å². The van der Waals surface area contributed by atoms with E-state index in [2.05, 4.69) is 33.1 Å². The number of hydrogen-bond acceptors (Lipinski definition) is 3. The second-order valence-electron chi connectivity index (χ2n) is 6.38. The highest BCUT2D eigenvalue weighted by Gasteiger charge is 2.16. The maximum Gasteiger partial charge on any atom is 0.253 e. The summed E-state index contributed by atoms with van der Waals surface area (Å²) in [6.45, 7) is 10.4. The van der Waals surface area contributed by atoms with E-state index >= 15 is 0 Å². The number of nitrogens with zero attached hydrogens (tertiary/aromatic N) is 1. The van der Waals surface area contributed by atoms with Crippen molar-refractivity contribution in [1.29, 1.82) is 0 Å². The molecule has 0 saturated carbocycles. The number of rotatable bonds is 8. The maximum absolute atomic E-state index is 12.6. The molecule has 1 aromatic carbocycles. The number of amides is 1. The van der Waals surface area contributed by atoms with Crippen molar-refractivity contribution < 1.29 is 4.79 Å². The third-order valence-electron chi connectivity index (χ3n) is 3.54. The maximum atomic E-state index is 12.6. The fourth-order valence-electron chi connectivity index (χ4n) is 2.03. The van der Waals surface area contributed by atoms with Crippen LogP contribution in [0.25, 0.3) is 0 Å². The molecule has 4 nitrogen and oxygen atoms in total. The minimum absolute atomic E-state index is 0.111. The third kappa shape index (κ3) is 6.17. The molecule has 0 atom stereocenters. The number of hydrazine groups is 1. The monoisotopic (exact) mass is 291 g/mol. The molecule has 0 radical (unpaired) electrons. The van der Waals surface area contributed by atoms with Crippen molar-refractivity contribution in [1.82, 2.24) is 4.90 Å². The fraction of sp³-hybridized carbons (Fsp3) is 0.588. The molecule has 3 N–H and O–H groups in total. The highest BCUT2D eigenvalue weighted by molar-refractivity contribution is 5.94. The van der Waals surface area contributed by atoms with Crippen LogP contribution in [0.15, 0.2) is 24.3 Å². The van der Waals surface area contributed by atoms with Gasteiger partial charge < -0.3 is 10.3 Å². The van der Waals surface area contributed by atoms with E-state index < -0.39 is 0 Å². The lowest BCUT2D eigenvalue weighted by Crippen LogP contribution is -2.34. The summed E-state index contributed by atoms with van der Waals surface area (Å²) in [4.78, 5) is 14.6. The molecule has 0 aromatic heterocycles. The van der Waals surface area contributed by atoms with Gasteiger partial charge in [0.15, 0.2) is 0 Å². The van der Waals surface area contributed by atoms with Crippen LogP contribution in [0.5, 0.6) is 0 Å². The second kappa shape index (κ2) is 8.67. The molecule has 0 aliphatic heterocycles. The lowest BCUT2D eigenvalue weighted by atomic mass is 10.1. The van der Waals surface area contributed by atoms with Gasteiger partial charge in [-0.15, -0.1) is 0 Å². The summed E-state index contributed by atoms with van der Waals surface area (Å²) in [5.74, 6) is 6.66. The van der Waals surface area contributed by atoms with E-state index in [-0.39, 0.29) is 5.91 Å². The number of nitrogen functional groups attached to an aromatic ring is 1. The van der Waals surface area contributed by atoms with Crippen LogP contribution in [0, 0.1) is 11.8 Å². The number of benzene rings is 1. The number of carbonyl (C=O) groups is 1. The first-order valence-electron chi connectivity index (χ1n) is 7.80. The van der Waals surface area contributed by atoms with E-state index in [0.717, 1.165) is 37.2 Å². The van der Waals surface area contributed by atoms with Crippen LogP contribution >= 0.6 is 0 Å². The van der Waals surface area contributed by atoms with Crippen LogP contribution in [-0.2, 0) is 0 Å². The predicted octanol–water partition coefficient (Wildman–Crippen LogP) is 3.51. The molecule has 0 spiro atoms. The van der Waals surface area contributed by atoms with Crippen LogP contribution in [-0.4, -0.2) is 23.9 Å². The Morgan fingerprint density at radius 1 is 1.05 bits per heavy atom. The molecule has 1 aromatic rings. The summed E-state index contributed by atoms with van der Waals surface area (Å²) in [5, 5.41) is 0. The van der Waals surface area contributed by atoms with E-state index in [1.54, 1.807) is 0 Å². The number of hydrogen-bond donors (Lipinski definition) is 2. The largest absolute Gasteiger partial charge is 0.339 e. The van der Waals surface area contributed by atoms with Gasteiger partial charge in [0.05, 0.1) is 0 Å². The van der Waals surface area contributed by atoms with E-state index in [1.807, 2.05) is 29.2 Å². The molecule has 1 amide bonds. The summed E-state index contributed by atoms with van der Waals surface area (Å²) in [7, 11) is 0. The second-order valence-corrected chi connectivity index (χ2v) is 6.38. The molecule has 0 saturated heterocycles. The molecule has 0 aliphatic carbocycles. The first-order chi connectivity index (χ1) is 9.93. The number of nitrogens with one attached hydrogen (secondary N) is 1. The molecular formula is C17H29N3O. The molecule has 0 unspecified atom stereocenters. The number of carbonyl (C=O) groups excluding carboxylic acids is 1. The van der Waals surface area contributed by atoms with Gasteiger partial charge in [0.25, 0.3) is 5.91 Å². The van der Waals surface area contributed by atoms with E-state index in [1.165, 1.54) is 0 Å². The van der Waals surface area contributed by atoms with Crippen molar-refractivity contribution in [2.24, 2.45) is 17.7 Å². The van der Waals surface area contributed by atoms with Crippen LogP contribution in [0.3, 0.4) is 0 Å². The van der Waals surface area contributed by atoms with E-state index in [4.69, 9.17) is 5.84 Å². The molecule has 118 valence electrons. The molecule has 1 rings (SSSR count). The SMILES string of the molecule is CC(C)CCN(CCC(C)C)C(=O)c1ccc(NN)cc1. The average Bonchev–Trinajstić information content (AvgIpc) is 2.46. The Balaban J connectivity index is 2.75. The lowest BCUT2D eigenvalue weighted by Gasteiger charge is -2.24. The first kappa shape index (κ1) is 17.5. The van der Waals surface area contributed by atoms with Gasteiger partial charge in [0.1, 0.15) is 0 Å². The van der Waals surface area contributed by atoms with Gasteiger partial charge in [-0.05, 0) is 48.9 Å². The quantitative estimate of drug-likeness (QED) is 0.569. The highest BCUT2D eigenvalue weighted by Crippen LogP contribution is 2.13. The van der Waals surface area contributed by atoms with Crippen molar-refractivity contribution in [3.63, 3.8) is 0 Å². The minimum Gasteiger partial charge on any atom is -0.339 e. The minimum atomic E-state index is 0.111. The molecular weight excluding hydrogens is 262 g/mol. The zero-order chi connectivity index (χ0) is 15.8. The lowest BCUT2D eigenvalue weighted by molar-refractivity contribution is 0.0741. The van der Waals surface area contributed by atoms with Crippen molar-refractivity contribution in [2.75, 3.05) is 18.5 Å². The van der Waals surface area contributed by atoms with E-state index in [9.17, 15) is 4.79 Å². The predicted molar refractivity (Wildman–Crippen MR) is 89.1 cm³/mol. The zero-order valence-corrected chi connectivity index (χ0v) is 13.7. The summed E-state index contributed by atoms with van der Waals surface area (Å²) < 4.78 is 0. The Morgan fingerprint density at radius 3 is 1.90 bits per heavy atom. The Hall–Kier alpha value is -1.55. The Kier molecular flexibility index (Phi) is 7.23. The summed E-state index contributed by atoms with van der Waals surface area (Å²) >= 11 is 0. The van der Waals surface area contributed by atoms with Crippen LogP contribution in [0.1, 0.15) is 50.9 Å². The Bertz CT molecular complexity index is 414. The van der Waals surface area contributed by atoms with Crippen molar-refractivity contribution >= 4 is 11.6 Å². The van der Waals surface area contributed by atoms with Gasteiger partial charge in [0.2, 0.25) is 0 Å². The van der Waals surface area contributed by atoms with Crippen LogP contribution < -0.4 is 11.3 Å². The average molecular weight is 291 g/mol. The molecule has 0 aliphatic rings. The smallest absolute Gasteiger partial charge is 0.253 e. The zero-order valence-electron chi connectivity index (χ0n) is 13.7. The highest BCUT2D eigenvalue weighted by atomic mass is 16.2. The van der Waals surface area contributed by atoms with Gasteiger partial charge in [-0.1, -0.05) is 27.7 Å². The molecule has 21 heavy (non-hydrogen) atoms. The first-order valence-corrected chi connectivity index (χ1v) is 7.80. The van der Waals surface area contributed by atoms with Gasteiger partial charge >= 0.3 is 0 Å². The van der Waals surface area contributed by atoms with Crippen molar-refractivity contribution in [2.45, 2.75) is 40.5 Å². The molecule has 0 fully saturated rings. The van der Waals surface area contributed by atoms with Gasteiger partial charge in [-0.25, -0.2) is 0 Å². The van der Waals surface area contributed by atoms with Crippen molar-refractivity contribution in [3.05, 3.63) is 29.8 Å². The molecule has 0 heterocycles. The number of anilines is 1. The fourth-order valence-corrected chi connectivity index (χ4v) is 2.03. The van der Waals surface area contributed by atoms with Gasteiger partial charge in [-0.2, -0.15) is 0 Å². The van der Waals surface area contributed by atoms with E-state index in [0.29, 0.717) is 11.8 Å². The Morgan fingerprint density at radius 2 is 1.52 bits per heavy atom. The Labute approximate surface area is 128 Å². The van der Waals surface area contributed by atoms with Crippen LogP contribution in [0.4, 0.5) is 5.69 Å². The van der Waals surface area contributed by atoms with Gasteiger partial charge in [0, 0.05) is 24.3 Å².